The predicted molar refractivity (Wildman–Crippen MR) is 105 cm³/mol. The highest BCUT2D eigenvalue weighted by molar-refractivity contribution is 7.14. The van der Waals surface area contributed by atoms with Gasteiger partial charge in [-0.2, -0.15) is 11.3 Å². The number of thiazole rings is 1. The van der Waals surface area contributed by atoms with E-state index >= 15 is 0 Å². The number of fused-ring (bicyclic) bond motifs is 1. The predicted octanol–water partition coefficient (Wildman–Crippen LogP) is 3.47. The van der Waals surface area contributed by atoms with Crippen LogP contribution < -0.4 is 5.56 Å². The molecular formula is C19H15N3O3S2. The lowest BCUT2D eigenvalue weighted by molar-refractivity contribution is -0.144. The van der Waals surface area contributed by atoms with Gasteiger partial charge >= 0.3 is 5.97 Å². The molecule has 4 aromatic heterocycles. The van der Waals surface area contributed by atoms with E-state index in [9.17, 15) is 9.59 Å². The summed E-state index contributed by atoms with van der Waals surface area (Å²) in [6.45, 7) is 1.80. The molecule has 0 atom stereocenters. The average molecular weight is 397 g/mol. The van der Waals surface area contributed by atoms with Crippen LogP contribution in [-0.4, -0.2) is 20.3 Å². The van der Waals surface area contributed by atoms with Crippen molar-refractivity contribution < 1.29 is 9.53 Å². The molecule has 0 unspecified atom stereocenters. The molecular weight excluding hydrogens is 382 g/mol. The van der Waals surface area contributed by atoms with Crippen molar-refractivity contribution in [1.29, 1.82) is 0 Å². The van der Waals surface area contributed by atoms with Gasteiger partial charge in [0.15, 0.2) is 0 Å². The first-order valence-corrected chi connectivity index (χ1v) is 10.0. The first kappa shape index (κ1) is 17.6. The molecule has 4 heterocycles. The summed E-state index contributed by atoms with van der Waals surface area (Å²) in [5.41, 5.74) is 3.31. The number of carbonyl (C=O) groups is 1. The highest BCUT2D eigenvalue weighted by atomic mass is 32.1. The van der Waals surface area contributed by atoms with Crippen LogP contribution in [0.3, 0.4) is 0 Å². The minimum Gasteiger partial charge on any atom is -0.459 e. The van der Waals surface area contributed by atoms with E-state index < -0.39 is 5.97 Å². The van der Waals surface area contributed by atoms with Gasteiger partial charge in [-0.25, -0.2) is 9.97 Å². The minimum absolute atomic E-state index is 0.0416. The fourth-order valence-corrected chi connectivity index (χ4v) is 4.23. The van der Waals surface area contributed by atoms with Gasteiger partial charge in [-0.3, -0.25) is 14.0 Å². The molecule has 0 saturated carbocycles. The Morgan fingerprint density at radius 3 is 2.89 bits per heavy atom. The number of aromatic nitrogens is 3. The van der Waals surface area contributed by atoms with E-state index in [1.54, 1.807) is 17.4 Å². The Balaban J connectivity index is 1.42. The maximum Gasteiger partial charge on any atom is 0.312 e. The molecule has 0 fully saturated rings. The van der Waals surface area contributed by atoms with E-state index in [-0.39, 0.29) is 18.6 Å². The number of aryl methyl sites for hydroxylation is 1. The van der Waals surface area contributed by atoms with Gasteiger partial charge < -0.3 is 4.74 Å². The molecule has 0 radical (unpaired) electrons. The maximum atomic E-state index is 12.2. The van der Waals surface area contributed by atoms with Crippen LogP contribution in [0.15, 0.2) is 51.3 Å². The Kier molecular flexibility index (Phi) is 4.83. The molecule has 0 saturated heterocycles. The van der Waals surface area contributed by atoms with Crippen LogP contribution in [0.25, 0.3) is 16.2 Å². The lowest BCUT2D eigenvalue weighted by Gasteiger charge is -2.07. The third-order valence-corrected chi connectivity index (χ3v) is 5.58. The van der Waals surface area contributed by atoms with E-state index in [1.165, 1.54) is 21.8 Å². The molecule has 0 aliphatic heterocycles. The molecule has 136 valence electrons. The fraction of sp³-hybridized carbons (Fsp3) is 0.158. The van der Waals surface area contributed by atoms with Crippen molar-refractivity contribution in [2.45, 2.75) is 20.0 Å². The monoisotopic (exact) mass is 397 g/mol. The van der Waals surface area contributed by atoms with Gasteiger partial charge in [0.2, 0.25) is 0 Å². The van der Waals surface area contributed by atoms with E-state index in [2.05, 4.69) is 9.97 Å². The third kappa shape index (κ3) is 3.81. The molecule has 8 heteroatoms. The highest BCUT2D eigenvalue weighted by Crippen LogP contribution is 2.25. The van der Waals surface area contributed by atoms with E-state index in [0.717, 1.165) is 16.3 Å². The zero-order chi connectivity index (χ0) is 18.8. The first-order valence-electron chi connectivity index (χ1n) is 8.21. The Labute approximate surface area is 162 Å². The SMILES string of the molecule is Cc1cccc2nc(COC(=O)Cc3csc(-c4ccsc4)n3)cc(=O)n12. The number of hydrogen-bond donors (Lipinski definition) is 0. The molecule has 0 bridgehead atoms. The summed E-state index contributed by atoms with van der Waals surface area (Å²) in [7, 11) is 0. The van der Waals surface area contributed by atoms with Crippen molar-refractivity contribution in [2.24, 2.45) is 0 Å². The first-order chi connectivity index (χ1) is 13.1. The summed E-state index contributed by atoms with van der Waals surface area (Å²) < 4.78 is 6.80. The third-order valence-electron chi connectivity index (χ3n) is 3.96. The van der Waals surface area contributed by atoms with Gasteiger partial charge in [0.05, 0.1) is 17.8 Å². The number of carbonyl (C=O) groups excluding carboxylic acids is 1. The topological polar surface area (TPSA) is 73.6 Å². The van der Waals surface area contributed by atoms with Crippen molar-refractivity contribution in [3.8, 4) is 10.6 Å². The fourth-order valence-electron chi connectivity index (χ4n) is 2.70. The zero-order valence-corrected chi connectivity index (χ0v) is 16.0. The van der Waals surface area contributed by atoms with Crippen LogP contribution in [0, 0.1) is 6.92 Å². The van der Waals surface area contributed by atoms with Crippen molar-refractivity contribution in [3.05, 3.63) is 73.9 Å². The molecule has 0 amide bonds. The molecule has 0 aromatic carbocycles. The lowest BCUT2D eigenvalue weighted by Crippen LogP contribution is -2.18. The van der Waals surface area contributed by atoms with Gasteiger partial charge in [0.25, 0.3) is 5.56 Å². The standard InChI is InChI=1S/C19H15N3O3S2/c1-12-3-2-4-16-20-14(7-17(23)22(12)16)9-25-18(24)8-15-11-27-19(21-15)13-5-6-26-10-13/h2-7,10-11H,8-9H2,1H3. The second-order valence-electron chi connectivity index (χ2n) is 5.94. The van der Waals surface area contributed by atoms with Crippen LogP contribution in [0.4, 0.5) is 0 Å². The van der Waals surface area contributed by atoms with Gasteiger partial charge in [0, 0.05) is 28.1 Å². The normalized spacial score (nSPS) is 11.0. The van der Waals surface area contributed by atoms with Crippen molar-refractivity contribution in [1.82, 2.24) is 14.4 Å². The summed E-state index contributed by atoms with van der Waals surface area (Å²) in [6.07, 6.45) is 0.0896. The highest BCUT2D eigenvalue weighted by Gasteiger charge is 2.12. The summed E-state index contributed by atoms with van der Waals surface area (Å²) >= 11 is 3.11. The van der Waals surface area contributed by atoms with Gasteiger partial charge in [-0.1, -0.05) is 6.07 Å². The van der Waals surface area contributed by atoms with Gasteiger partial charge in [-0.15, -0.1) is 11.3 Å². The summed E-state index contributed by atoms with van der Waals surface area (Å²) in [5, 5.41) is 6.76. The zero-order valence-electron chi connectivity index (χ0n) is 14.4. The van der Waals surface area contributed by atoms with E-state index in [4.69, 9.17) is 4.74 Å². The smallest absolute Gasteiger partial charge is 0.312 e. The number of esters is 1. The molecule has 0 aliphatic rings. The average Bonchev–Trinajstić information content (AvgIpc) is 3.31. The van der Waals surface area contributed by atoms with Crippen LogP contribution >= 0.6 is 22.7 Å². The van der Waals surface area contributed by atoms with E-state index in [1.807, 2.05) is 41.3 Å². The maximum absolute atomic E-state index is 12.2. The molecule has 0 aliphatic carbocycles. The van der Waals surface area contributed by atoms with Crippen molar-refractivity contribution in [3.63, 3.8) is 0 Å². The number of nitrogens with zero attached hydrogens (tertiary/aromatic N) is 3. The number of hydrogen-bond acceptors (Lipinski definition) is 7. The Bertz CT molecular complexity index is 1160. The second kappa shape index (κ2) is 7.42. The Morgan fingerprint density at radius 2 is 2.07 bits per heavy atom. The number of ether oxygens (including phenoxy) is 1. The quantitative estimate of drug-likeness (QED) is 0.482. The summed E-state index contributed by atoms with van der Waals surface area (Å²) in [6, 6.07) is 8.82. The van der Waals surface area contributed by atoms with Crippen LogP contribution in [0.1, 0.15) is 17.1 Å². The van der Waals surface area contributed by atoms with Crippen LogP contribution in [0.2, 0.25) is 0 Å². The molecule has 6 nitrogen and oxygen atoms in total. The number of rotatable bonds is 5. The molecule has 4 aromatic rings. The molecule has 4 rings (SSSR count). The number of thiophene rings is 1. The Hall–Kier alpha value is -2.84. The van der Waals surface area contributed by atoms with Crippen LogP contribution in [0.5, 0.6) is 0 Å². The second-order valence-corrected chi connectivity index (χ2v) is 7.58. The summed E-state index contributed by atoms with van der Waals surface area (Å²) in [5.74, 6) is -0.400. The van der Waals surface area contributed by atoms with E-state index in [0.29, 0.717) is 17.0 Å². The summed E-state index contributed by atoms with van der Waals surface area (Å²) in [4.78, 5) is 33.2. The molecule has 0 spiro atoms. The largest absolute Gasteiger partial charge is 0.459 e. The van der Waals surface area contributed by atoms with Crippen molar-refractivity contribution >= 4 is 34.3 Å². The van der Waals surface area contributed by atoms with Gasteiger partial charge in [0.1, 0.15) is 17.3 Å². The minimum atomic E-state index is -0.400. The van der Waals surface area contributed by atoms with Gasteiger partial charge in [-0.05, 0) is 30.5 Å². The molecule has 0 N–H and O–H groups in total. The Morgan fingerprint density at radius 1 is 1.19 bits per heavy atom. The number of pyridine rings is 1. The van der Waals surface area contributed by atoms with Crippen molar-refractivity contribution in [2.75, 3.05) is 0 Å². The molecule has 27 heavy (non-hydrogen) atoms. The lowest BCUT2D eigenvalue weighted by atomic mass is 10.3. The van der Waals surface area contributed by atoms with Crippen LogP contribution in [-0.2, 0) is 22.6 Å².